The molecule has 0 atom stereocenters. The highest BCUT2D eigenvalue weighted by molar-refractivity contribution is 5.17. The second-order valence-electron chi connectivity index (χ2n) is 1.91. The van der Waals surface area contributed by atoms with Crippen molar-refractivity contribution in [3.05, 3.63) is 17.8 Å². The Morgan fingerprint density at radius 3 is 2.67 bits per heavy atom. The van der Waals surface area contributed by atoms with Crippen LogP contribution >= 0.6 is 0 Å². The molecule has 1 N–H and O–H groups in total. The highest BCUT2D eigenvalue weighted by atomic mass is 16.5. The van der Waals surface area contributed by atoms with Crippen molar-refractivity contribution < 1.29 is 4.74 Å². The minimum Gasteiger partial charge on any atom is -0.482 e. The van der Waals surface area contributed by atoms with Gasteiger partial charge in [-0.1, -0.05) is 6.92 Å². The van der Waals surface area contributed by atoms with E-state index in [4.69, 9.17) is 4.74 Å². The third kappa shape index (κ3) is 1.25. The lowest BCUT2D eigenvalue weighted by atomic mass is 10.3. The zero-order valence-electron chi connectivity index (χ0n) is 5.77. The summed E-state index contributed by atoms with van der Waals surface area (Å²) in [5.74, 6) is 0.840. The topological polar surface area (TPSA) is 25.0 Å². The molecule has 2 nitrogen and oxygen atoms in total. The second-order valence-corrected chi connectivity index (χ2v) is 1.91. The lowest BCUT2D eigenvalue weighted by Gasteiger charge is -1.91. The largest absolute Gasteiger partial charge is 0.482 e. The van der Waals surface area contributed by atoms with Gasteiger partial charge in [-0.3, -0.25) is 0 Å². The molecule has 1 aromatic heterocycles. The molecule has 0 radical (unpaired) electrons. The average Bonchev–Trinajstić information content (AvgIpc) is 2.34. The third-order valence-corrected chi connectivity index (χ3v) is 1.32. The van der Waals surface area contributed by atoms with Crippen LogP contribution in [0.5, 0.6) is 5.88 Å². The zero-order chi connectivity index (χ0) is 6.69. The molecule has 2 heteroatoms. The molecule has 0 aliphatic rings. The number of hydrogen-bond donors (Lipinski definition) is 1. The van der Waals surface area contributed by atoms with Gasteiger partial charge >= 0.3 is 0 Å². The molecule has 0 bridgehead atoms. The van der Waals surface area contributed by atoms with Gasteiger partial charge in [0.2, 0.25) is 0 Å². The first-order valence-corrected chi connectivity index (χ1v) is 3.08. The van der Waals surface area contributed by atoms with E-state index in [-0.39, 0.29) is 0 Å². The van der Waals surface area contributed by atoms with Gasteiger partial charge < -0.3 is 9.72 Å². The number of ether oxygens (including phenoxy) is 1. The molecule has 1 aromatic rings. The molecular formula is C7H11NO. The summed E-state index contributed by atoms with van der Waals surface area (Å²) >= 11 is 0. The summed E-state index contributed by atoms with van der Waals surface area (Å²) in [6.45, 7) is 2.10. The van der Waals surface area contributed by atoms with E-state index in [0.29, 0.717) is 0 Å². The first kappa shape index (κ1) is 6.20. The van der Waals surface area contributed by atoms with Gasteiger partial charge in [0, 0.05) is 5.69 Å². The van der Waals surface area contributed by atoms with Crippen LogP contribution in [-0.4, -0.2) is 12.1 Å². The van der Waals surface area contributed by atoms with E-state index in [2.05, 4.69) is 11.9 Å². The van der Waals surface area contributed by atoms with E-state index >= 15 is 0 Å². The predicted molar refractivity (Wildman–Crippen MR) is 36.7 cm³/mol. The van der Waals surface area contributed by atoms with Gasteiger partial charge in [-0.2, -0.15) is 0 Å². The highest BCUT2D eigenvalue weighted by Gasteiger charge is 1.92. The molecular weight excluding hydrogens is 114 g/mol. The number of methoxy groups -OCH3 is 1. The molecule has 1 heterocycles. The fraction of sp³-hybridized carbons (Fsp3) is 0.429. The van der Waals surface area contributed by atoms with Gasteiger partial charge in [0.1, 0.15) is 0 Å². The van der Waals surface area contributed by atoms with E-state index in [1.165, 1.54) is 5.69 Å². The van der Waals surface area contributed by atoms with Crippen molar-refractivity contribution in [1.29, 1.82) is 0 Å². The number of aromatic amines is 1. The Balaban J connectivity index is 2.74. The third-order valence-electron chi connectivity index (χ3n) is 1.32. The second kappa shape index (κ2) is 2.58. The number of H-pyrrole nitrogens is 1. The summed E-state index contributed by atoms with van der Waals surface area (Å²) in [5, 5.41) is 0. The molecule has 0 spiro atoms. The van der Waals surface area contributed by atoms with E-state index in [9.17, 15) is 0 Å². The lowest BCUT2D eigenvalue weighted by molar-refractivity contribution is 0.399. The zero-order valence-corrected chi connectivity index (χ0v) is 5.77. The van der Waals surface area contributed by atoms with E-state index in [1.807, 2.05) is 12.1 Å². The van der Waals surface area contributed by atoms with Crippen LogP contribution < -0.4 is 4.74 Å². The number of aryl methyl sites for hydroxylation is 1. The Labute approximate surface area is 54.8 Å². The van der Waals surface area contributed by atoms with Crippen LogP contribution in [0.25, 0.3) is 0 Å². The molecule has 0 aliphatic heterocycles. The first-order valence-electron chi connectivity index (χ1n) is 3.08. The van der Waals surface area contributed by atoms with E-state index in [1.54, 1.807) is 7.11 Å². The number of aromatic nitrogens is 1. The molecule has 9 heavy (non-hydrogen) atoms. The number of hydrogen-bond acceptors (Lipinski definition) is 1. The molecule has 0 amide bonds. The fourth-order valence-corrected chi connectivity index (χ4v) is 0.743. The molecule has 0 aromatic carbocycles. The Morgan fingerprint density at radius 2 is 2.33 bits per heavy atom. The molecule has 0 saturated carbocycles. The predicted octanol–water partition coefficient (Wildman–Crippen LogP) is 1.59. The molecule has 0 aliphatic carbocycles. The summed E-state index contributed by atoms with van der Waals surface area (Å²) < 4.78 is 4.94. The Hall–Kier alpha value is -0.920. The normalized spacial score (nSPS) is 9.56. The smallest absolute Gasteiger partial charge is 0.190 e. The Kier molecular flexibility index (Phi) is 1.78. The molecule has 0 fully saturated rings. The van der Waals surface area contributed by atoms with Crippen molar-refractivity contribution >= 4 is 0 Å². The minimum atomic E-state index is 0.840. The standard InChI is InChI=1S/C7H11NO/c1-3-6-4-5-7(8-6)9-2/h4-5,8H,3H2,1-2H3. The summed E-state index contributed by atoms with van der Waals surface area (Å²) in [4.78, 5) is 3.09. The minimum absolute atomic E-state index is 0.840. The quantitative estimate of drug-likeness (QED) is 0.637. The average molecular weight is 125 g/mol. The van der Waals surface area contributed by atoms with Crippen LogP contribution in [0.3, 0.4) is 0 Å². The van der Waals surface area contributed by atoms with Crippen molar-refractivity contribution in [1.82, 2.24) is 4.98 Å². The summed E-state index contributed by atoms with van der Waals surface area (Å²) in [5.41, 5.74) is 1.21. The van der Waals surface area contributed by atoms with Gasteiger partial charge in [0.25, 0.3) is 0 Å². The fourth-order valence-electron chi connectivity index (χ4n) is 0.743. The van der Waals surface area contributed by atoms with Crippen molar-refractivity contribution in [2.24, 2.45) is 0 Å². The van der Waals surface area contributed by atoms with Crippen LogP contribution in [0.4, 0.5) is 0 Å². The number of rotatable bonds is 2. The van der Waals surface area contributed by atoms with Gasteiger partial charge in [0.05, 0.1) is 7.11 Å². The molecule has 0 saturated heterocycles. The van der Waals surface area contributed by atoms with Gasteiger partial charge in [0.15, 0.2) is 5.88 Å². The summed E-state index contributed by atoms with van der Waals surface area (Å²) in [7, 11) is 1.66. The van der Waals surface area contributed by atoms with Crippen molar-refractivity contribution in [3.63, 3.8) is 0 Å². The maximum Gasteiger partial charge on any atom is 0.190 e. The van der Waals surface area contributed by atoms with Crippen molar-refractivity contribution in [2.75, 3.05) is 7.11 Å². The Bertz CT molecular complexity index is 162. The maximum atomic E-state index is 4.94. The molecule has 0 unspecified atom stereocenters. The monoisotopic (exact) mass is 125 g/mol. The SMILES string of the molecule is CCc1ccc(OC)[nH]1. The van der Waals surface area contributed by atoms with Crippen LogP contribution in [0.1, 0.15) is 12.6 Å². The van der Waals surface area contributed by atoms with Crippen LogP contribution in [0.15, 0.2) is 12.1 Å². The van der Waals surface area contributed by atoms with Gasteiger partial charge in [-0.25, -0.2) is 0 Å². The van der Waals surface area contributed by atoms with Crippen LogP contribution in [0.2, 0.25) is 0 Å². The maximum absolute atomic E-state index is 4.94. The number of nitrogens with one attached hydrogen (secondary N) is 1. The van der Waals surface area contributed by atoms with Crippen LogP contribution in [-0.2, 0) is 6.42 Å². The van der Waals surface area contributed by atoms with E-state index in [0.717, 1.165) is 12.3 Å². The summed E-state index contributed by atoms with van der Waals surface area (Å²) in [6.07, 6.45) is 1.03. The first-order chi connectivity index (χ1) is 4.36. The highest BCUT2D eigenvalue weighted by Crippen LogP contribution is 2.08. The van der Waals surface area contributed by atoms with Crippen molar-refractivity contribution in [3.8, 4) is 5.88 Å². The van der Waals surface area contributed by atoms with Gasteiger partial charge in [-0.05, 0) is 18.6 Å². The van der Waals surface area contributed by atoms with Crippen LogP contribution in [0, 0.1) is 0 Å². The van der Waals surface area contributed by atoms with Gasteiger partial charge in [-0.15, -0.1) is 0 Å². The Morgan fingerprint density at radius 1 is 1.56 bits per heavy atom. The molecule has 50 valence electrons. The summed E-state index contributed by atoms with van der Waals surface area (Å²) in [6, 6.07) is 3.96. The molecule has 1 rings (SSSR count). The van der Waals surface area contributed by atoms with Crippen molar-refractivity contribution in [2.45, 2.75) is 13.3 Å². The lowest BCUT2D eigenvalue weighted by Crippen LogP contribution is -1.82. The van der Waals surface area contributed by atoms with E-state index < -0.39 is 0 Å².